The fourth-order valence-electron chi connectivity index (χ4n) is 4.98. The highest BCUT2D eigenvalue weighted by Gasteiger charge is 2.37. The van der Waals surface area contributed by atoms with E-state index in [-0.39, 0.29) is 23.6 Å². The second-order valence-electron chi connectivity index (χ2n) is 9.30. The van der Waals surface area contributed by atoms with Crippen molar-refractivity contribution in [3.8, 4) is 17.2 Å². The molecule has 0 radical (unpaired) electrons. The SMILES string of the molecule is COc1cc(C2CC(=O)C3=C(C2)Nc2ccccc2NC3c2ccccc2O)ccc1OC(C)C. The van der Waals surface area contributed by atoms with Crippen LogP contribution in [0.15, 0.2) is 78.0 Å². The highest BCUT2D eigenvalue weighted by atomic mass is 16.5. The summed E-state index contributed by atoms with van der Waals surface area (Å²) in [5.74, 6) is 1.57. The predicted molar refractivity (Wildman–Crippen MR) is 137 cm³/mol. The number of carbonyl (C=O) groups excluding carboxylic acids is 1. The quantitative estimate of drug-likeness (QED) is 0.414. The summed E-state index contributed by atoms with van der Waals surface area (Å²) in [6, 6.07) is 20.6. The maximum Gasteiger partial charge on any atom is 0.163 e. The van der Waals surface area contributed by atoms with Crippen molar-refractivity contribution in [2.45, 2.75) is 44.8 Å². The number of phenols is 1. The zero-order valence-corrected chi connectivity index (χ0v) is 20.2. The highest BCUT2D eigenvalue weighted by molar-refractivity contribution is 6.01. The van der Waals surface area contributed by atoms with Crippen molar-refractivity contribution in [2.24, 2.45) is 0 Å². The van der Waals surface area contributed by atoms with Crippen LogP contribution in [0.1, 0.15) is 49.8 Å². The van der Waals surface area contributed by atoms with E-state index in [4.69, 9.17) is 9.47 Å². The van der Waals surface area contributed by atoms with Crippen molar-refractivity contribution in [3.63, 3.8) is 0 Å². The third kappa shape index (κ3) is 4.44. The van der Waals surface area contributed by atoms with Crippen LogP contribution < -0.4 is 20.1 Å². The molecular weight excluding hydrogens is 440 g/mol. The number of allylic oxidation sites excluding steroid dienone is 1. The van der Waals surface area contributed by atoms with Crippen molar-refractivity contribution >= 4 is 17.2 Å². The van der Waals surface area contributed by atoms with E-state index in [0.717, 1.165) is 22.6 Å². The van der Waals surface area contributed by atoms with Gasteiger partial charge in [0.1, 0.15) is 5.75 Å². The molecule has 3 N–H and O–H groups in total. The highest BCUT2D eigenvalue weighted by Crippen LogP contribution is 2.46. The molecule has 0 saturated carbocycles. The van der Waals surface area contributed by atoms with Crippen molar-refractivity contribution in [2.75, 3.05) is 17.7 Å². The number of Topliss-reactive ketones (excluding diaryl/α,β-unsaturated/α-hetero) is 1. The zero-order chi connectivity index (χ0) is 24.5. The Labute approximate surface area is 205 Å². The van der Waals surface area contributed by atoms with Gasteiger partial charge in [0.05, 0.1) is 30.6 Å². The van der Waals surface area contributed by atoms with Crippen molar-refractivity contribution in [1.29, 1.82) is 0 Å². The van der Waals surface area contributed by atoms with E-state index in [0.29, 0.717) is 35.5 Å². The van der Waals surface area contributed by atoms with Crippen LogP contribution in [0.5, 0.6) is 17.2 Å². The van der Waals surface area contributed by atoms with Crippen LogP contribution in [0, 0.1) is 0 Å². The number of fused-ring (bicyclic) bond motifs is 1. The van der Waals surface area contributed by atoms with Gasteiger partial charge in [-0.05, 0) is 62.1 Å². The van der Waals surface area contributed by atoms with E-state index in [2.05, 4.69) is 10.6 Å². The molecule has 0 amide bonds. The molecule has 2 atom stereocenters. The van der Waals surface area contributed by atoms with Gasteiger partial charge < -0.3 is 25.2 Å². The number of ether oxygens (including phenoxy) is 2. The lowest BCUT2D eigenvalue weighted by atomic mass is 9.78. The van der Waals surface area contributed by atoms with E-state index in [1.54, 1.807) is 19.2 Å². The molecule has 2 aliphatic rings. The largest absolute Gasteiger partial charge is 0.508 e. The summed E-state index contributed by atoms with van der Waals surface area (Å²) >= 11 is 0. The van der Waals surface area contributed by atoms with Gasteiger partial charge in [0.2, 0.25) is 0 Å². The Hall–Kier alpha value is -3.93. The fourth-order valence-corrected chi connectivity index (χ4v) is 4.98. The van der Waals surface area contributed by atoms with Gasteiger partial charge >= 0.3 is 0 Å². The van der Waals surface area contributed by atoms with Crippen LogP contribution in [0.4, 0.5) is 11.4 Å². The Morgan fingerprint density at radius 3 is 2.43 bits per heavy atom. The molecule has 6 heteroatoms. The molecule has 0 fully saturated rings. The molecule has 5 rings (SSSR count). The number of carbonyl (C=O) groups is 1. The number of benzene rings is 3. The number of nitrogens with one attached hydrogen (secondary N) is 2. The molecule has 35 heavy (non-hydrogen) atoms. The minimum absolute atomic E-state index is 0.00830. The number of rotatable bonds is 5. The van der Waals surface area contributed by atoms with E-state index >= 15 is 0 Å². The molecule has 3 aromatic rings. The summed E-state index contributed by atoms with van der Waals surface area (Å²) in [6.07, 6.45) is 1.07. The summed E-state index contributed by atoms with van der Waals surface area (Å²) in [6.45, 7) is 3.96. The molecule has 1 aliphatic heterocycles. The maximum atomic E-state index is 13.7. The average molecular weight is 471 g/mol. The third-order valence-electron chi connectivity index (χ3n) is 6.58. The molecule has 6 nitrogen and oxygen atoms in total. The molecule has 0 saturated heterocycles. The van der Waals surface area contributed by atoms with Gasteiger partial charge in [-0.2, -0.15) is 0 Å². The van der Waals surface area contributed by atoms with E-state index in [9.17, 15) is 9.90 Å². The van der Waals surface area contributed by atoms with Gasteiger partial charge in [-0.1, -0.05) is 36.4 Å². The molecule has 180 valence electrons. The van der Waals surface area contributed by atoms with Crippen LogP contribution in [0.25, 0.3) is 0 Å². The maximum absolute atomic E-state index is 13.7. The Bertz CT molecular complexity index is 1300. The predicted octanol–water partition coefficient (Wildman–Crippen LogP) is 6.17. The molecule has 1 heterocycles. The number of phenolic OH excluding ortho intramolecular Hbond substituents is 1. The number of ketones is 1. The first kappa shape index (κ1) is 22.8. The zero-order valence-electron chi connectivity index (χ0n) is 20.2. The summed E-state index contributed by atoms with van der Waals surface area (Å²) in [4.78, 5) is 13.7. The lowest BCUT2D eigenvalue weighted by Crippen LogP contribution is -2.27. The Balaban J connectivity index is 1.56. The number of para-hydroxylation sites is 3. The van der Waals surface area contributed by atoms with Gasteiger partial charge in [-0.3, -0.25) is 4.79 Å². The first-order valence-corrected chi connectivity index (χ1v) is 12.0. The molecule has 1 aliphatic carbocycles. The van der Waals surface area contributed by atoms with Crippen LogP contribution >= 0.6 is 0 Å². The minimum Gasteiger partial charge on any atom is -0.508 e. The fraction of sp³-hybridized carbons (Fsp3) is 0.276. The van der Waals surface area contributed by atoms with Crippen LogP contribution in [-0.2, 0) is 4.79 Å². The second kappa shape index (κ2) is 9.37. The second-order valence-corrected chi connectivity index (χ2v) is 9.30. The lowest BCUT2D eigenvalue weighted by Gasteiger charge is -2.30. The summed E-state index contributed by atoms with van der Waals surface area (Å²) in [5, 5.41) is 17.7. The Morgan fingerprint density at radius 2 is 1.69 bits per heavy atom. The molecule has 3 aromatic carbocycles. The summed E-state index contributed by atoms with van der Waals surface area (Å²) in [5.41, 5.74) is 5.05. The standard InChI is InChI=1S/C29H30N2O4/c1-17(2)35-26-13-12-18(16-27(26)34-3)19-14-23-28(25(33)15-19)29(20-8-4-7-11-24(20)32)31-22-10-6-5-9-21(22)30-23/h4-13,16-17,19,29-32H,14-15H2,1-3H3. The van der Waals surface area contributed by atoms with Crippen molar-refractivity contribution < 1.29 is 19.4 Å². The summed E-state index contributed by atoms with van der Waals surface area (Å²) in [7, 11) is 1.63. The molecule has 0 spiro atoms. The number of hydrogen-bond donors (Lipinski definition) is 3. The van der Waals surface area contributed by atoms with E-state index in [1.807, 2.05) is 68.4 Å². The number of hydrogen-bond acceptors (Lipinski definition) is 6. The Morgan fingerprint density at radius 1 is 0.943 bits per heavy atom. The summed E-state index contributed by atoms with van der Waals surface area (Å²) < 4.78 is 11.5. The monoisotopic (exact) mass is 470 g/mol. The van der Waals surface area contributed by atoms with E-state index in [1.165, 1.54) is 0 Å². The number of methoxy groups -OCH3 is 1. The Kier molecular flexibility index (Phi) is 6.12. The van der Waals surface area contributed by atoms with Crippen LogP contribution in [-0.4, -0.2) is 24.1 Å². The van der Waals surface area contributed by atoms with Crippen molar-refractivity contribution in [3.05, 3.63) is 89.1 Å². The topological polar surface area (TPSA) is 79.8 Å². The van der Waals surface area contributed by atoms with Crippen LogP contribution in [0.2, 0.25) is 0 Å². The smallest absolute Gasteiger partial charge is 0.163 e. The third-order valence-corrected chi connectivity index (χ3v) is 6.58. The van der Waals surface area contributed by atoms with Gasteiger partial charge in [0.15, 0.2) is 17.3 Å². The molecule has 0 aromatic heterocycles. The molecule has 2 unspecified atom stereocenters. The number of aromatic hydroxyl groups is 1. The average Bonchev–Trinajstić information content (AvgIpc) is 3.01. The first-order chi connectivity index (χ1) is 16.9. The van der Waals surface area contributed by atoms with Crippen LogP contribution in [0.3, 0.4) is 0 Å². The van der Waals surface area contributed by atoms with Crippen molar-refractivity contribution in [1.82, 2.24) is 0 Å². The van der Waals surface area contributed by atoms with Gasteiger partial charge in [-0.15, -0.1) is 0 Å². The van der Waals surface area contributed by atoms with Gasteiger partial charge in [0.25, 0.3) is 0 Å². The molecular formula is C29H30N2O4. The lowest BCUT2D eigenvalue weighted by molar-refractivity contribution is -0.116. The number of anilines is 2. The van der Waals surface area contributed by atoms with E-state index < -0.39 is 6.04 Å². The molecule has 0 bridgehead atoms. The minimum atomic E-state index is -0.452. The normalized spacial score (nSPS) is 19.3. The first-order valence-electron chi connectivity index (χ1n) is 12.0. The van der Waals surface area contributed by atoms with Gasteiger partial charge in [0, 0.05) is 23.3 Å². The van der Waals surface area contributed by atoms with Gasteiger partial charge in [-0.25, -0.2) is 0 Å².